The molecule has 0 unspecified atom stereocenters. The van der Waals surface area contributed by atoms with Crippen LogP contribution in [0.15, 0.2) is 24.3 Å². The summed E-state index contributed by atoms with van der Waals surface area (Å²) in [6, 6.07) is 7.58. The molecule has 0 radical (unpaired) electrons. The minimum Gasteiger partial charge on any atom is -0.444 e. The highest BCUT2D eigenvalue weighted by Gasteiger charge is 2.16. The third-order valence-corrected chi connectivity index (χ3v) is 1.78. The second-order valence-electron chi connectivity index (χ2n) is 4.44. The maximum atomic E-state index is 11.4. The van der Waals surface area contributed by atoms with E-state index in [2.05, 4.69) is 5.32 Å². The van der Waals surface area contributed by atoms with Crippen molar-refractivity contribution in [3.05, 3.63) is 29.8 Å². The van der Waals surface area contributed by atoms with Gasteiger partial charge in [0.25, 0.3) is 0 Å². The van der Waals surface area contributed by atoms with E-state index in [1.54, 1.807) is 0 Å². The van der Waals surface area contributed by atoms with Gasteiger partial charge in [-0.25, -0.2) is 4.79 Å². The lowest BCUT2D eigenvalue weighted by molar-refractivity contribution is 0.0636. The highest BCUT2D eigenvalue weighted by atomic mass is 16.6. The number of benzene rings is 1. The van der Waals surface area contributed by atoms with Gasteiger partial charge in [0.15, 0.2) is 0 Å². The van der Waals surface area contributed by atoms with Crippen LogP contribution in [0.25, 0.3) is 0 Å². The first-order valence-corrected chi connectivity index (χ1v) is 5.94. The van der Waals surface area contributed by atoms with Gasteiger partial charge in [-0.15, -0.1) is 0 Å². The Hall–Kier alpha value is -1.51. The lowest BCUT2D eigenvalue weighted by atomic mass is 10.2. The largest absolute Gasteiger partial charge is 0.444 e. The molecule has 0 spiro atoms. The lowest BCUT2D eigenvalue weighted by Gasteiger charge is -2.20. The Bertz CT molecular complexity index is 353. The predicted molar refractivity (Wildman–Crippen MR) is 72.4 cm³/mol. The highest BCUT2D eigenvalue weighted by molar-refractivity contribution is 5.85. The minimum absolute atomic E-state index is 0.420. The van der Waals surface area contributed by atoms with E-state index < -0.39 is 11.7 Å². The van der Waals surface area contributed by atoms with Crippen LogP contribution in [0.4, 0.5) is 10.5 Å². The molecule has 0 atom stereocenters. The topological polar surface area (TPSA) is 38.3 Å². The van der Waals surface area contributed by atoms with Gasteiger partial charge < -0.3 is 4.74 Å². The molecule has 0 aromatic heterocycles. The van der Waals surface area contributed by atoms with Gasteiger partial charge in [0, 0.05) is 5.69 Å². The number of hydrogen-bond acceptors (Lipinski definition) is 2. The maximum absolute atomic E-state index is 11.4. The van der Waals surface area contributed by atoms with Crippen LogP contribution in [0, 0.1) is 6.92 Å². The number of aryl methyl sites for hydroxylation is 1. The normalized spacial score (nSPS) is 10.0. The minimum atomic E-state index is -0.466. The van der Waals surface area contributed by atoms with Gasteiger partial charge in [0.2, 0.25) is 0 Å². The number of carbonyl (C=O) groups is 1. The zero-order valence-electron chi connectivity index (χ0n) is 11.6. The summed E-state index contributed by atoms with van der Waals surface area (Å²) >= 11 is 0. The summed E-state index contributed by atoms with van der Waals surface area (Å²) in [6.07, 6.45) is -0.420. The first kappa shape index (κ1) is 15.5. The van der Waals surface area contributed by atoms with Crippen LogP contribution in [0.3, 0.4) is 0 Å². The average molecular weight is 237 g/mol. The highest BCUT2D eigenvalue weighted by Crippen LogP contribution is 2.15. The summed E-state index contributed by atoms with van der Waals surface area (Å²) in [6.45, 7) is 11.5. The van der Waals surface area contributed by atoms with Crippen LogP contribution in [0.1, 0.15) is 40.2 Å². The predicted octanol–water partition coefficient (Wildman–Crippen LogP) is 4.37. The van der Waals surface area contributed by atoms with E-state index in [0.717, 1.165) is 11.3 Å². The number of anilines is 1. The van der Waals surface area contributed by atoms with Gasteiger partial charge in [0.05, 0.1) is 0 Å². The smallest absolute Gasteiger partial charge is 0.412 e. The molecule has 1 rings (SSSR count). The molecule has 3 heteroatoms. The van der Waals surface area contributed by atoms with Crippen LogP contribution >= 0.6 is 0 Å². The molecule has 0 aliphatic rings. The van der Waals surface area contributed by atoms with Crippen molar-refractivity contribution < 1.29 is 9.53 Å². The molecule has 1 aromatic rings. The molecule has 3 nitrogen and oxygen atoms in total. The van der Waals surface area contributed by atoms with E-state index in [-0.39, 0.29) is 0 Å². The van der Waals surface area contributed by atoms with Crippen molar-refractivity contribution in [3.8, 4) is 0 Å². The Balaban J connectivity index is 0.00000121. The van der Waals surface area contributed by atoms with E-state index >= 15 is 0 Å². The summed E-state index contributed by atoms with van der Waals surface area (Å²) in [5.74, 6) is 0. The number of carbonyl (C=O) groups excluding carboxylic acids is 1. The third kappa shape index (κ3) is 6.61. The molecule has 0 aliphatic heterocycles. The molecular weight excluding hydrogens is 214 g/mol. The molecule has 0 bridgehead atoms. The second-order valence-corrected chi connectivity index (χ2v) is 4.44. The summed E-state index contributed by atoms with van der Waals surface area (Å²) in [4.78, 5) is 11.4. The third-order valence-electron chi connectivity index (χ3n) is 1.78. The molecule has 96 valence electrons. The molecule has 0 saturated heterocycles. The van der Waals surface area contributed by atoms with Crippen molar-refractivity contribution in [3.63, 3.8) is 0 Å². The molecule has 0 heterocycles. The van der Waals surface area contributed by atoms with Crippen molar-refractivity contribution >= 4 is 11.8 Å². The van der Waals surface area contributed by atoms with Crippen LogP contribution in [-0.2, 0) is 4.74 Å². The molecular formula is C14H23NO2. The second kappa shape index (κ2) is 6.94. The molecule has 1 N–H and O–H groups in total. The summed E-state index contributed by atoms with van der Waals surface area (Å²) in [7, 11) is 0. The van der Waals surface area contributed by atoms with Gasteiger partial charge in [0.1, 0.15) is 5.60 Å². The zero-order valence-corrected chi connectivity index (χ0v) is 11.6. The number of nitrogens with one attached hydrogen (secondary N) is 1. The quantitative estimate of drug-likeness (QED) is 0.787. The van der Waals surface area contributed by atoms with Crippen LogP contribution in [0.2, 0.25) is 0 Å². The van der Waals surface area contributed by atoms with Gasteiger partial charge in [-0.3, -0.25) is 5.32 Å². The monoisotopic (exact) mass is 237 g/mol. The number of ether oxygens (including phenoxy) is 1. The first-order chi connectivity index (χ1) is 7.88. The van der Waals surface area contributed by atoms with E-state index in [0.29, 0.717) is 0 Å². The van der Waals surface area contributed by atoms with Gasteiger partial charge in [-0.05, 0) is 39.3 Å². The zero-order chi connectivity index (χ0) is 13.5. The fourth-order valence-corrected chi connectivity index (χ4v) is 1.13. The fourth-order valence-electron chi connectivity index (χ4n) is 1.13. The number of amides is 1. The Morgan fingerprint density at radius 3 is 2.18 bits per heavy atom. The van der Waals surface area contributed by atoms with Crippen LogP contribution in [-0.4, -0.2) is 11.7 Å². The van der Waals surface area contributed by atoms with Gasteiger partial charge >= 0.3 is 6.09 Å². The SMILES string of the molecule is CC.Cc1ccccc1NC(=O)OC(C)(C)C. The molecule has 1 amide bonds. The Morgan fingerprint density at radius 2 is 1.71 bits per heavy atom. The fraction of sp³-hybridized carbons (Fsp3) is 0.500. The average Bonchev–Trinajstić information content (AvgIpc) is 2.22. The maximum Gasteiger partial charge on any atom is 0.412 e. The number of para-hydroxylation sites is 1. The van der Waals surface area contributed by atoms with E-state index in [4.69, 9.17) is 4.74 Å². The van der Waals surface area contributed by atoms with Crippen molar-refractivity contribution in [1.29, 1.82) is 0 Å². The molecule has 0 saturated carbocycles. The Kier molecular flexibility index (Phi) is 6.33. The van der Waals surface area contributed by atoms with Gasteiger partial charge in [-0.1, -0.05) is 32.0 Å². The van der Waals surface area contributed by atoms with Crippen molar-refractivity contribution in [1.82, 2.24) is 0 Å². The van der Waals surface area contributed by atoms with Crippen molar-refractivity contribution in [2.45, 2.75) is 47.1 Å². The Morgan fingerprint density at radius 1 is 1.18 bits per heavy atom. The number of hydrogen-bond donors (Lipinski definition) is 1. The summed E-state index contributed by atoms with van der Waals surface area (Å²) in [5.41, 5.74) is 1.34. The molecule has 0 fully saturated rings. The van der Waals surface area contributed by atoms with Gasteiger partial charge in [-0.2, -0.15) is 0 Å². The standard InChI is InChI=1S/C12H17NO2.C2H6/c1-9-7-5-6-8-10(9)13-11(14)15-12(2,3)4;1-2/h5-8H,1-4H3,(H,13,14);1-2H3. The Labute approximate surface area is 104 Å². The van der Waals surface area contributed by atoms with E-state index in [1.165, 1.54) is 0 Å². The lowest BCUT2D eigenvalue weighted by Crippen LogP contribution is -2.27. The number of rotatable bonds is 1. The molecule has 17 heavy (non-hydrogen) atoms. The van der Waals surface area contributed by atoms with Crippen molar-refractivity contribution in [2.75, 3.05) is 5.32 Å². The van der Waals surface area contributed by atoms with Crippen LogP contribution < -0.4 is 5.32 Å². The molecule has 1 aromatic carbocycles. The first-order valence-electron chi connectivity index (χ1n) is 5.94. The molecule has 0 aliphatic carbocycles. The van der Waals surface area contributed by atoms with E-state index in [9.17, 15) is 4.79 Å². The van der Waals surface area contributed by atoms with Crippen LogP contribution in [0.5, 0.6) is 0 Å². The summed E-state index contributed by atoms with van der Waals surface area (Å²) < 4.78 is 5.15. The van der Waals surface area contributed by atoms with E-state index in [1.807, 2.05) is 65.8 Å². The van der Waals surface area contributed by atoms with Crippen molar-refractivity contribution in [2.24, 2.45) is 0 Å². The summed E-state index contributed by atoms with van der Waals surface area (Å²) in [5, 5.41) is 2.71.